The van der Waals surface area contributed by atoms with Gasteiger partial charge in [-0.3, -0.25) is 0 Å². The Balaban J connectivity index is 0. The minimum atomic E-state index is -0.127. The molecule has 0 radical (unpaired) electrons. The Morgan fingerprint density at radius 3 is 1.05 bits per heavy atom. The highest BCUT2D eigenvalue weighted by molar-refractivity contribution is 5.70. The first-order chi connectivity index (χ1) is 17.1. The summed E-state index contributed by atoms with van der Waals surface area (Å²) in [4.78, 5) is 24.6. The van der Waals surface area contributed by atoms with E-state index in [2.05, 4.69) is 42.0 Å². The lowest BCUT2D eigenvalue weighted by Gasteiger charge is -2.34. The van der Waals surface area contributed by atoms with Crippen LogP contribution < -0.4 is 12.4 Å². The van der Waals surface area contributed by atoms with Crippen LogP contribution in [-0.2, 0) is 19.1 Å². The third-order valence-corrected chi connectivity index (χ3v) is 6.95. The van der Waals surface area contributed by atoms with Crippen molar-refractivity contribution in [1.29, 1.82) is 0 Å². The molecule has 0 rings (SSSR count). The molecule has 0 atom stereocenters. The molecule has 6 nitrogen and oxygen atoms in total. The Bertz CT molecular complexity index is 508. The second-order valence-corrected chi connectivity index (χ2v) is 12.0. The molecule has 37 heavy (non-hydrogen) atoms. The highest BCUT2D eigenvalue weighted by atomic mass is 35.5. The minimum Gasteiger partial charge on any atom is -1.00 e. The SMILES string of the molecule is CCCCCCCCCCOC(=O)C[N+](C)(C)CC[N+](C)(C)CC(=O)OCCCCCCCCCC.[Cl-]. The van der Waals surface area contributed by atoms with Gasteiger partial charge in [-0.1, -0.05) is 104 Å². The third kappa shape index (κ3) is 26.5. The van der Waals surface area contributed by atoms with Crippen LogP contribution in [0.3, 0.4) is 0 Å². The maximum absolute atomic E-state index is 12.3. The van der Waals surface area contributed by atoms with Gasteiger partial charge in [0.2, 0.25) is 0 Å². The molecule has 0 aliphatic carbocycles. The third-order valence-electron chi connectivity index (χ3n) is 6.95. The summed E-state index contributed by atoms with van der Waals surface area (Å²) in [5.41, 5.74) is 0. The maximum Gasteiger partial charge on any atom is 0.361 e. The number of quaternary nitrogens is 2. The predicted octanol–water partition coefficient (Wildman–Crippen LogP) is 3.51. The Hall–Kier alpha value is -0.850. The van der Waals surface area contributed by atoms with Gasteiger partial charge in [0.25, 0.3) is 0 Å². The molecule has 0 amide bonds. The van der Waals surface area contributed by atoms with Crippen LogP contribution in [0.25, 0.3) is 0 Å². The van der Waals surface area contributed by atoms with E-state index in [4.69, 9.17) is 9.47 Å². The molecule has 0 fully saturated rings. The number of nitrogens with zero attached hydrogens (tertiary/aromatic N) is 2. The first-order valence-electron chi connectivity index (χ1n) is 15.1. The van der Waals surface area contributed by atoms with Crippen molar-refractivity contribution in [1.82, 2.24) is 0 Å². The number of carbonyl (C=O) groups is 2. The molecule has 0 aromatic rings. The van der Waals surface area contributed by atoms with Gasteiger partial charge < -0.3 is 30.8 Å². The van der Waals surface area contributed by atoms with E-state index in [0.717, 1.165) is 38.8 Å². The van der Waals surface area contributed by atoms with Gasteiger partial charge >= 0.3 is 11.9 Å². The topological polar surface area (TPSA) is 52.6 Å². The van der Waals surface area contributed by atoms with Crippen LogP contribution >= 0.6 is 0 Å². The van der Waals surface area contributed by atoms with E-state index < -0.39 is 0 Å². The van der Waals surface area contributed by atoms with Gasteiger partial charge in [0.1, 0.15) is 13.1 Å². The summed E-state index contributed by atoms with van der Waals surface area (Å²) in [6.45, 7) is 7.85. The summed E-state index contributed by atoms with van der Waals surface area (Å²) in [5.74, 6) is -0.254. The van der Waals surface area contributed by atoms with Crippen molar-refractivity contribution in [2.24, 2.45) is 0 Å². The number of halogens is 1. The van der Waals surface area contributed by atoms with Gasteiger partial charge in [0.05, 0.1) is 41.4 Å². The number of rotatable bonds is 25. The first-order valence-corrected chi connectivity index (χ1v) is 15.1. The second-order valence-electron chi connectivity index (χ2n) is 12.0. The van der Waals surface area contributed by atoms with E-state index in [1.165, 1.54) is 77.0 Å². The summed E-state index contributed by atoms with van der Waals surface area (Å²) >= 11 is 0. The molecule has 0 bridgehead atoms. The lowest BCUT2D eigenvalue weighted by atomic mass is 10.1. The summed E-state index contributed by atoms with van der Waals surface area (Å²) in [6, 6.07) is 0. The molecule has 0 spiro atoms. The molecule has 0 heterocycles. The molecule has 0 saturated heterocycles. The molecule has 0 aliphatic rings. The molecule has 0 aromatic heterocycles. The average molecular weight is 550 g/mol. The maximum atomic E-state index is 12.3. The lowest BCUT2D eigenvalue weighted by Crippen LogP contribution is -3.00. The average Bonchev–Trinajstić information content (AvgIpc) is 2.80. The number of hydrogen-bond donors (Lipinski definition) is 0. The molecular weight excluding hydrogens is 488 g/mol. The molecular formula is C30H62ClN2O4+. The molecule has 0 N–H and O–H groups in total. The molecule has 7 heteroatoms. The number of carbonyl (C=O) groups excluding carboxylic acids is 2. The second kappa shape index (κ2) is 24.2. The number of esters is 2. The van der Waals surface area contributed by atoms with E-state index in [-0.39, 0.29) is 24.3 Å². The quantitative estimate of drug-likeness (QED) is 0.0993. The van der Waals surface area contributed by atoms with Gasteiger partial charge in [-0.05, 0) is 12.8 Å². The Kier molecular flexibility index (Phi) is 25.1. The van der Waals surface area contributed by atoms with Crippen LogP contribution in [0.2, 0.25) is 0 Å². The zero-order valence-corrected chi connectivity index (χ0v) is 26.2. The first kappa shape index (κ1) is 38.3. The van der Waals surface area contributed by atoms with E-state index in [0.29, 0.717) is 35.3 Å². The van der Waals surface area contributed by atoms with Crippen molar-refractivity contribution in [3.63, 3.8) is 0 Å². The van der Waals surface area contributed by atoms with Crippen molar-refractivity contribution >= 4 is 11.9 Å². The summed E-state index contributed by atoms with van der Waals surface area (Å²) < 4.78 is 12.1. The fraction of sp³-hybridized carbons (Fsp3) is 0.933. The zero-order valence-electron chi connectivity index (χ0n) is 25.5. The largest absolute Gasteiger partial charge is 1.00 e. The van der Waals surface area contributed by atoms with Gasteiger partial charge in [-0.2, -0.15) is 0 Å². The predicted molar refractivity (Wildman–Crippen MR) is 151 cm³/mol. The van der Waals surface area contributed by atoms with Crippen molar-refractivity contribution in [2.75, 3.05) is 67.6 Å². The lowest BCUT2D eigenvalue weighted by molar-refractivity contribution is -0.939. The van der Waals surface area contributed by atoms with Crippen LogP contribution in [0, 0.1) is 0 Å². The number of likely N-dealkylation sites (N-methyl/N-ethyl adjacent to an activating group) is 2. The molecule has 0 aliphatic heterocycles. The highest BCUT2D eigenvalue weighted by Crippen LogP contribution is 2.10. The fourth-order valence-electron chi connectivity index (χ4n) is 4.33. The normalized spacial score (nSPS) is 11.7. The molecule has 0 saturated carbocycles. The fourth-order valence-corrected chi connectivity index (χ4v) is 4.33. The van der Waals surface area contributed by atoms with Crippen LogP contribution in [-0.4, -0.2) is 88.5 Å². The Labute approximate surface area is 236 Å². The van der Waals surface area contributed by atoms with Crippen molar-refractivity contribution in [3.8, 4) is 0 Å². The van der Waals surface area contributed by atoms with Gasteiger partial charge in [-0.15, -0.1) is 0 Å². The molecule has 0 unspecified atom stereocenters. The Morgan fingerprint density at radius 2 is 0.757 bits per heavy atom. The van der Waals surface area contributed by atoms with Crippen molar-refractivity contribution in [3.05, 3.63) is 0 Å². The van der Waals surface area contributed by atoms with Gasteiger partial charge in [-0.25, -0.2) is 9.59 Å². The smallest absolute Gasteiger partial charge is 0.361 e. The van der Waals surface area contributed by atoms with Crippen LogP contribution in [0.4, 0.5) is 0 Å². The Morgan fingerprint density at radius 1 is 0.486 bits per heavy atom. The van der Waals surface area contributed by atoms with E-state index in [1.807, 2.05) is 0 Å². The monoisotopic (exact) mass is 549 g/mol. The van der Waals surface area contributed by atoms with E-state index >= 15 is 0 Å². The standard InChI is InChI=1S/C30H62N2O4.ClH/c1-7-9-11-13-15-17-19-21-25-35-29(33)27-31(3,4)23-24-32(5,6)28-30(34)36-26-22-20-18-16-14-12-10-8-2;/h7-28H2,1-6H3;1H/q+2;/p-1. The number of unbranched alkanes of at least 4 members (excludes halogenated alkanes) is 14. The number of ether oxygens (including phenoxy) is 2. The summed E-state index contributed by atoms with van der Waals surface area (Å²) in [7, 11) is 8.21. The van der Waals surface area contributed by atoms with Crippen molar-refractivity contribution < 1.29 is 40.4 Å². The van der Waals surface area contributed by atoms with E-state index in [9.17, 15) is 9.59 Å². The van der Waals surface area contributed by atoms with Crippen LogP contribution in [0.5, 0.6) is 0 Å². The molecule has 222 valence electrons. The van der Waals surface area contributed by atoms with Gasteiger partial charge in [0.15, 0.2) is 13.1 Å². The van der Waals surface area contributed by atoms with Crippen LogP contribution in [0.1, 0.15) is 117 Å². The highest BCUT2D eigenvalue weighted by Gasteiger charge is 2.28. The van der Waals surface area contributed by atoms with E-state index in [1.54, 1.807) is 0 Å². The van der Waals surface area contributed by atoms with Gasteiger partial charge in [0, 0.05) is 0 Å². The van der Waals surface area contributed by atoms with Crippen LogP contribution in [0.15, 0.2) is 0 Å². The minimum absolute atomic E-state index is 0. The zero-order chi connectivity index (χ0) is 27.1. The number of hydrogen-bond acceptors (Lipinski definition) is 4. The van der Waals surface area contributed by atoms with Crippen molar-refractivity contribution in [2.45, 2.75) is 117 Å². The molecule has 0 aromatic carbocycles. The summed E-state index contributed by atoms with van der Waals surface area (Å²) in [5, 5.41) is 0. The summed E-state index contributed by atoms with van der Waals surface area (Å²) in [6.07, 6.45) is 19.8.